The van der Waals surface area contributed by atoms with Gasteiger partial charge >= 0.3 is 0 Å². The molecule has 20 heavy (non-hydrogen) atoms. The van der Waals surface area contributed by atoms with Crippen molar-refractivity contribution in [3.05, 3.63) is 57.3 Å². The van der Waals surface area contributed by atoms with Gasteiger partial charge in [0, 0.05) is 15.4 Å². The second-order valence-electron chi connectivity index (χ2n) is 4.29. The number of aromatic amines is 1. The molecule has 2 aromatic carbocycles. The van der Waals surface area contributed by atoms with Crippen LogP contribution in [0.3, 0.4) is 0 Å². The van der Waals surface area contributed by atoms with Crippen molar-refractivity contribution < 1.29 is 4.74 Å². The predicted molar refractivity (Wildman–Crippen MR) is 82.1 cm³/mol. The molecule has 0 aliphatic carbocycles. The number of fused-ring (bicyclic) bond motifs is 1. The fourth-order valence-corrected chi connectivity index (χ4v) is 2.68. The first-order valence-electron chi connectivity index (χ1n) is 6.02. The lowest BCUT2D eigenvalue weighted by Gasteiger charge is -2.08. The van der Waals surface area contributed by atoms with Crippen LogP contribution in [0.2, 0.25) is 0 Å². The van der Waals surface area contributed by atoms with Gasteiger partial charge in [0.25, 0.3) is 5.56 Å². The van der Waals surface area contributed by atoms with Gasteiger partial charge in [-0.1, -0.05) is 18.2 Å². The van der Waals surface area contributed by atoms with Crippen LogP contribution in [-0.4, -0.2) is 17.3 Å². The van der Waals surface area contributed by atoms with Gasteiger partial charge in [0.05, 0.1) is 18.2 Å². The summed E-state index contributed by atoms with van der Waals surface area (Å²) in [6.07, 6.45) is 0. The highest BCUT2D eigenvalue weighted by Crippen LogP contribution is 2.33. The van der Waals surface area contributed by atoms with E-state index in [4.69, 9.17) is 4.74 Å². The minimum atomic E-state index is -0.186. The molecule has 0 saturated carbocycles. The second kappa shape index (κ2) is 5.09. The van der Waals surface area contributed by atoms with Crippen LogP contribution in [0.15, 0.2) is 51.7 Å². The summed E-state index contributed by atoms with van der Waals surface area (Å²) in [5, 5.41) is 8.17. The van der Waals surface area contributed by atoms with E-state index >= 15 is 0 Å². The molecule has 4 nitrogen and oxygen atoms in total. The average Bonchev–Trinajstić information content (AvgIpc) is 2.48. The van der Waals surface area contributed by atoms with Crippen LogP contribution in [0, 0.1) is 0 Å². The van der Waals surface area contributed by atoms with E-state index in [1.54, 1.807) is 13.2 Å². The molecule has 0 unspecified atom stereocenters. The van der Waals surface area contributed by atoms with Crippen molar-refractivity contribution in [1.82, 2.24) is 10.2 Å². The van der Waals surface area contributed by atoms with E-state index in [1.165, 1.54) is 0 Å². The van der Waals surface area contributed by atoms with Gasteiger partial charge < -0.3 is 4.74 Å². The summed E-state index contributed by atoms with van der Waals surface area (Å²) in [4.78, 5) is 11.8. The van der Waals surface area contributed by atoms with Crippen molar-refractivity contribution in [1.29, 1.82) is 0 Å². The third kappa shape index (κ3) is 2.10. The Morgan fingerprint density at radius 3 is 2.60 bits per heavy atom. The van der Waals surface area contributed by atoms with E-state index in [-0.39, 0.29) is 5.56 Å². The van der Waals surface area contributed by atoms with Gasteiger partial charge in [-0.05, 0) is 40.2 Å². The molecule has 0 spiro atoms. The number of halogens is 1. The number of H-pyrrole nitrogens is 1. The number of rotatable bonds is 2. The van der Waals surface area contributed by atoms with Crippen LogP contribution in [0.1, 0.15) is 0 Å². The predicted octanol–water partition coefficient (Wildman–Crippen LogP) is 3.36. The van der Waals surface area contributed by atoms with E-state index in [0.29, 0.717) is 5.39 Å². The summed E-state index contributed by atoms with van der Waals surface area (Å²) in [6.45, 7) is 0. The normalized spacial score (nSPS) is 10.7. The van der Waals surface area contributed by atoms with Crippen molar-refractivity contribution in [2.45, 2.75) is 0 Å². The van der Waals surface area contributed by atoms with Crippen LogP contribution in [0.25, 0.3) is 22.0 Å². The van der Waals surface area contributed by atoms with Gasteiger partial charge in [0.2, 0.25) is 0 Å². The topological polar surface area (TPSA) is 55.0 Å². The molecule has 1 heterocycles. The number of nitrogens with one attached hydrogen (secondary N) is 1. The van der Waals surface area contributed by atoms with E-state index < -0.39 is 0 Å². The molecule has 0 aliphatic rings. The third-order valence-corrected chi connectivity index (χ3v) is 3.78. The summed E-state index contributed by atoms with van der Waals surface area (Å²) in [5.41, 5.74) is 1.45. The smallest absolute Gasteiger partial charge is 0.272 e. The Morgan fingerprint density at radius 2 is 1.90 bits per heavy atom. The molecular weight excluding hydrogens is 320 g/mol. The molecule has 1 aromatic heterocycles. The monoisotopic (exact) mass is 330 g/mol. The van der Waals surface area contributed by atoms with E-state index in [1.807, 2.05) is 36.4 Å². The van der Waals surface area contributed by atoms with Crippen LogP contribution in [0.4, 0.5) is 0 Å². The molecule has 0 saturated heterocycles. The SMILES string of the molecule is COc1ccc(-c2n[nH]c(=O)c3ccccc23)c(Br)c1. The lowest BCUT2D eigenvalue weighted by molar-refractivity contribution is 0.414. The zero-order valence-corrected chi connectivity index (χ0v) is 12.3. The molecule has 0 fully saturated rings. The summed E-state index contributed by atoms with van der Waals surface area (Å²) in [5.74, 6) is 0.759. The molecule has 0 amide bonds. The Kier molecular flexibility index (Phi) is 3.28. The molecule has 5 heteroatoms. The Labute approximate surface area is 123 Å². The zero-order chi connectivity index (χ0) is 14.1. The van der Waals surface area contributed by atoms with Crippen LogP contribution < -0.4 is 10.3 Å². The van der Waals surface area contributed by atoms with E-state index in [2.05, 4.69) is 26.1 Å². The number of ether oxygens (including phenoxy) is 1. The van der Waals surface area contributed by atoms with Crippen molar-refractivity contribution in [2.75, 3.05) is 7.11 Å². The third-order valence-electron chi connectivity index (χ3n) is 3.13. The van der Waals surface area contributed by atoms with Crippen LogP contribution in [0.5, 0.6) is 5.75 Å². The van der Waals surface area contributed by atoms with Gasteiger partial charge in [-0.3, -0.25) is 4.79 Å². The lowest BCUT2D eigenvalue weighted by Crippen LogP contribution is -2.09. The molecule has 1 N–H and O–H groups in total. The Bertz CT molecular complexity index is 843. The van der Waals surface area contributed by atoms with E-state index in [9.17, 15) is 4.79 Å². The van der Waals surface area contributed by atoms with Crippen LogP contribution >= 0.6 is 15.9 Å². The maximum atomic E-state index is 11.8. The zero-order valence-electron chi connectivity index (χ0n) is 10.7. The highest BCUT2D eigenvalue weighted by Gasteiger charge is 2.11. The number of aromatic nitrogens is 2. The molecule has 0 bridgehead atoms. The van der Waals surface area contributed by atoms with Crippen molar-refractivity contribution in [3.63, 3.8) is 0 Å². The van der Waals surface area contributed by atoms with E-state index in [0.717, 1.165) is 26.9 Å². The highest BCUT2D eigenvalue weighted by molar-refractivity contribution is 9.10. The van der Waals surface area contributed by atoms with Gasteiger partial charge in [0.15, 0.2) is 0 Å². The van der Waals surface area contributed by atoms with Gasteiger partial charge in [0.1, 0.15) is 5.75 Å². The number of hydrogen-bond acceptors (Lipinski definition) is 3. The van der Waals surface area contributed by atoms with Gasteiger partial charge in [-0.25, -0.2) is 5.10 Å². The number of methoxy groups -OCH3 is 1. The summed E-state index contributed by atoms with van der Waals surface area (Å²) in [6, 6.07) is 13.1. The first kappa shape index (κ1) is 12.9. The second-order valence-corrected chi connectivity index (χ2v) is 5.15. The number of hydrogen-bond donors (Lipinski definition) is 1. The highest BCUT2D eigenvalue weighted by atomic mass is 79.9. The largest absolute Gasteiger partial charge is 0.497 e. The summed E-state index contributed by atoms with van der Waals surface area (Å²) < 4.78 is 6.05. The first-order valence-corrected chi connectivity index (χ1v) is 6.81. The molecule has 3 aromatic rings. The summed E-state index contributed by atoms with van der Waals surface area (Å²) >= 11 is 3.52. The number of benzene rings is 2. The Hall–Kier alpha value is -2.14. The molecule has 0 aliphatic heterocycles. The maximum Gasteiger partial charge on any atom is 0.272 e. The van der Waals surface area contributed by atoms with Crippen molar-refractivity contribution >= 4 is 26.7 Å². The minimum absolute atomic E-state index is 0.186. The number of nitrogens with zero attached hydrogens (tertiary/aromatic N) is 1. The minimum Gasteiger partial charge on any atom is -0.497 e. The van der Waals surface area contributed by atoms with Gasteiger partial charge in [-0.2, -0.15) is 5.10 Å². The van der Waals surface area contributed by atoms with Crippen LogP contribution in [-0.2, 0) is 0 Å². The Morgan fingerprint density at radius 1 is 1.15 bits per heavy atom. The fraction of sp³-hybridized carbons (Fsp3) is 0.0667. The summed E-state index contributed by atoms with van der Waals surface area (Å²) in [7, 11) is 1.62. The molecule has 0 radical (unpaired) electrons. The molecule has 0 atom stereocenters. The molecular formula is C15H11BrN2O2. The lowest BCUT2D eigenvalue weighted by atomic mass is 10.1. The molecule has 3 rings (SSSR count). The fourth-order valence-electron chi connectivity index (χ4n) is 2.13. The quantitative estimate of drug-likeness (QED) is 0.783. The Balaban J connectivity index is 2.30. The van der Waals surface area contributed by atoms with Crippen molar-refractivity contribution in [3.8, 4) is 17.0 Å². The van der Waals surface area contributed by atoms with Crippen molar-refractivity contribution in [2.24, 2.45) is 0 Å². The first-order chi connectivity index (χ1) is 9.70. The average molecular weight is 331 g/mol. The standard InChI is InChI=1S/C15H11BrN2O2/c1-20-9-6-7-12(13(16)8-9)14-10-4-2-3-5-11(10)15(19)18-17-14/h2-8H,1H3,(H,18,19). The van der Waals surface area contributed by atoms with Gasteiger partial charge in [-0.15, -0.1) is 0 Å². The molecule has 100 valence electrons. The maximum absolute atomic E-state index is 11.8.